The second kappa shape index (κ2) is 6.66. The Morgan fingerprint density at radius 3 is 2.47 bits per heavy atom. The van der Waals surface area contributed by atoms with Crippen molar-refractivity contribution < 1.29 is 4.74 Å². The molecule has 1 unspecified atom stereocenters. The highest BCUT2D eigenvalue weighted by atomic mass is 35.5. The summed E-state index contributed by atoms with van der Waals surface area (Å²) in [5.74, 6) is 0. The molecule has 1 heterocycles. The van der Waals surface area contributed by atoms with Crippen molar-refractivity contribution in [2.45, 2.75) is 13.0 Å². The molecule has 106 valence electrons. The summed E-state index contributed by atoms with van der Waals surface area (Å²) >= 11 is 12.3. The normalized spacial score (nSPS) is 18.3. The van der Waals surface area contributed by atoms with E-state index in [1.807, 2.05) is 0 Å². The van der Waals surface area contributed by atoms with Crippen LogP contribution in [0.3, 0.4) is 0 Å². The van der Waals surface area contributed by atoms with Gasteiger partial charge >= 0.3 is 0 Å². The number of rotatable bonds is 4. The van der Waals surface area contributed by atoms with Crippen LogP contribution in [-0.4, -0.2) is 43.8 Å². The molecule has 1 aliphatic rings. The Hall–Kier alpha value is -0.680. The Morgan fingerprint density at radius 1 is 1.32 bits per heavy atom. The van der Waals surface area contributed by atoms with E-state index in [9.17, 15) is 0 Å². The number of halogens is 2. The molecule has 0 spiro atoms. The largest absolute Gasteiger partial charge is 0.399 e. The zero-order chi connectivity index (χ0) is 13.8. The van der Waals surface area contributed by atoms with E-state index in [2.05, 4.69) is 17.1 Å². The van der Waals surface area contributed by atoms with Gasteiger partial charge in [0, 0.05) is 31.4 Å². The van der Waals surface area contributed by atoms with Gasteiger partial charge in [-0.1, -0.05) is 23.2 Å². The van der Waals surface area contributed by atoms with Crippen LogP contribution in [0.2, 0.25) is 10.0 Å². The fourth-order valence-corrected chi connectivity index (χ4v) is 2.81. The van der Waals surface area contributed by atoms with E-state index in [0.717, 1.165) is 38.5 Å². The number of hydrogen-bond acceptors (Lipinski definition) is 4. The number of ether oxygens (including phenoxy) is 1. The predicted octanol–water partition coefficient (Wildman–Crippen LogP) is 2.71. The summed E-state index contributed by atoms with van der Waals surface area (Å²) in [5, 5.41) is 4.46. The Kier molecular flexibility index (Phi) is 5.16. The van der Waals surface area contributed by atoms with Gasteiger partial charge in [-0.15, -0.1) is 0 Å². The van der Waals surface area contributed by atoms with E-state index in [4.69, 9.17) is 33.7 Å². The van der Waals surface area contributed by atoms with Gasteiger partial charge in [0.2, 0.25) is 0 Å². The lowest BCUT2D eigenvalue weighted by molar-refractivity contribution is 0.0368. The average Bonchev–Trinajstić information content (AvgIpc) is 2.35. The minimum Gasteiger partial charge on any atom is -0.399 e. The average molecular weight is 304 g/mol. The van der Waals surface area contributed by atoms with Gasteiger partial charge in [-0.05, 0) is 19.1 Å². The summed E-state index contributed by atoms with van der Waals surface area (Å²) in [7, 11) is 0. The summed E-state index contributed by atoms with van der Waals surface area (Å²) in [6, 6.07) is 3.66. The SMILES string of the molecule is CC(CN1CCOCC1)Nc1c(Cl)cc(N)cc1Cl. The van der Waals surface area contributed by atoms with Crippen LogP contribution in [-0.2, 0) is 4.74 Å². The van der Waals surface area contributed by atoms with Gasteiger partial charge < -0.3 is 15.8 Å². The molecule has 1 fully saturated rings. The third kappa shape index (κ3) is 4.14. The van der Waals surface area contributed by atoms with E-state index in [0.29, 0.717) is 15.7 Å². The Labute approximate surface area is 123 Å². The van der Waals surface area contributed by atoms with Crippen LogP contribution < -0.4 is 11.1 Å². The standard InChI is InChI=1S/C13H19Cl2N3O/c1-9(8-18-2-4-19-5-3-18)17-13-11(14)6-10(16)7-12(13)15/h6-7,9,17H,2-5,8,16H2,1H3. The maximum Gasteiger partial charge on any atom is 0.0723 e. The molecule has 0 bridgehead atoms. The molecule has 0 amide bonds. The molecule has 1 atom stereocenters. The van der Waals surface area contributed by atoms with Gasteiger partial charge in [0.1, 0.15) is 0 Å². The molecule has 2 rings (SSSR count). The fraction of sp³-hybridized carbons (Fsp3) is 0.538. The van der Waals surface area contributed by atoms with E-state index < -0.39 is 0 Å². The highest BCUT2D eigenvalue weighted by Crippen LogP contribution is 2.33. The first-order valence-electron chi connectivity index (χ1n) is 6.37. The van der Waals surface area contributed by atoms with Crippen LogP contribution in [0.15, 0.2) is 12.1 Å². The second-order valence-corrected chi connectivity index (χ2v) is 5.63. The quantitative estimate of drug-likeness (QED) is 0.840. The maximum atomic E-state index is 6.16. The number of anilines is 2. The minimum atomic E-state index is 0.247. The molecule has 1 saturated heterocycles. The van der Waals surface area contributed by atoms with Crippen molar-refractivity contribution in [1.29, 1.82) is 0 Å². The minimum absolute atomic E-state index is 0.247. The molecular formula is C13H19Cl2N3O. The van der Waals surface area contributed by atoms with E-state index >= 15 is 0 Å². The van der Waals surface area contributed by atoms with Gasteiger partial charge in [0.05, 0.1) is 28.9 Å². The van der Waals surface area contributed by atoms with Crippen molar-refractivity contribution in [1.82, 2.24) is 4.90 Å². The lowest BCUT2D eigenvalue weighted by Gasteiger charge is -2.30. The Bertz CT molecular complexity index is 413. The number of nitrogens with one attached hydrogen (secondary N) is 1. The molecule has 1 aromatic carbocycles. The second-order valence-electron chi connectivity index (χ2n) is 4.82. The van der Waals surface area contributed by atoms with Crippen molar-refractivity contribution in [2.24, 2.45) is 0 Å². The first kappa shape index (κ1) is 14.7. The zero-order valence-electron chi connectivity index (χ0n) is 11.0. The third-order valence-electron chi connectivity index (χ3n) is 3.09. The van der Waals surface area contributed by atoms with Gasteiger partial charge in [-0.25, -0.2) is 0 Å². The van der Waals surface area contributed by atoms with Gasteiger partial charge in [-0.2, -0.15) is 0 Å². The molecular weight excluding hydrogens is 285 g/mol. The molecule has 19 heavy (non-hydrogen) atoms. The van der Waals surface area contributed by atoms with Crippen molar-refractivity contribution in [3.63, 3.8) is 0 Å². The first-order chi connectivity index (χ1) is 9.06. The predicted molar refractivity (Wildman–Crippen MR) is 81.2 cm³/mol. The topological polar surface area (TPSA) is 50.5 Å². The van der Waals surface area contributed by atoms with Gasteiger partial charge in [0.15, 0.2) is 0 Å². The molecule has 0 aliphatic carbocycles. The molecule has 0 saturated carbocycles. The molecule has 3 N–H and O–H groups in total. The Balaban J connectivity index is 1.96. The van der Waals surface area contributed by atoms with Gasteiger partial charge in [0.25, 0.3) is 0 Å². The molecule has 0 radical (unpaired) electrons. The van der Waals surface area contributed by atoms with Crippen molar-refractivity contribution in [3.8, 4) is 0 Å². The first-order valence-corrected chi connectivity index (χ1v) is 7.13. The third-order valence-corrected chi connectivity index (χ3v) is 3.69. The van der Waals surface area contributed by atoms with Crippen molar-refractivity contribution in [3.05, 3.63) is 22.2 Å². The van der Waals surface area contributed by atoms with E-state index in [-0.39, 0.29) is 6.04 Å². The summed E-state index contributed by atoms with van der Waals surface area (Å²) in [4.78, 5) is 2.36. The van der Waals surface area contributed by atoms with Crippen LogP contribution in [0.4, 0.5) is 11.4 Å². The molecule has 1 aromatic rings. The number of nitrogen functional groups attached to an aromatic ring is 1. The lowest BCUT2D eigenvalue weighted by atomic mass is 10.2. The maximum absolute atomic E-state index is 6.16. The summed E-state index contributed by atoms with van der Waals surface area (Å²) in [5.41, 5.74) is 7.01. The monoisotopic (exact) mass is 303 g/mol. The fourth-order valence-electron chi connectivity index (χ4n) is 2.19. The lowest BCUT2D eigenvalue weighted by Crippen LogP contribution is -2.42. The smallest absolute Gasteiger partial charge is 0.0723 e. The number of benzene rings is 1. The Morgan fingerprint density at radius 2 is 1.89 bits per heavy atom. The summed E-state index contributed by atoms with van der Waals surface area (Å²) in [6.07, 6.45) is 0. The van der Waals surface area contributed by atoms with Crippen LogP contribution in [0, 0.1) is 0 Å². The summed E-state index contributed by atoms with van der Waals surface area (Å²) < 4.78 is 5.33. The van der Waals surface area contributed by atoms with E-state index in [1.54, 1.807) is 12.1 Å². The highest BCUT2D eigenvalue weighted by molar-refractivity contribution is 6.39. The van der Waals surface area contributed by atoms with Crippen molar-refractivity contribution in [2.75, 3.05) is 43.9 Å². The molecule has 6 heteroatoms. The number of nitrogens with zero attached hydrogens (tertiary/aromatic N) is 1. The number of hydrogen-bond donors (Lipinski definition) is 2. The molecule has 1 aliphatic heterocycles. The number of nitrogens with two attached hydrogens (primary N) is 1. The van der Waals surface area contributed by atoms with Crippen LogP contribution in [0.25, 0.3) is 0 Å². The van der Waals surface area contributed by atoms with Crippen LogP contribution in [0.1, 0.15) is 6.92 Å². The highest BCUT2D eigenvalue weighted by Gasteiger charge is 2.15. The molecule has 0 aromatic heterocycles. The van der Waals surface area contributed by atoms with Gasteiger partial charge in [-0.3, -0.25) is 4.90 Å². The molecule has 4 nitrogen and oxygen atoms in total. The van der Waals surface area contributed by atoms with Crippen LogP contribution in [0.5, 0.6) is 0 Å². The summed E-state index contributed by atoms with van der Waals surface area (Å²) in [6.45, 7) is 6.58. The number of morpholine rings is 1. The van der Waals surface area contributed by atoms with Crippen LogP contribution >= 0.6 is 23.2 Å². The zero-order valence-corrected chi connectivity index (χ0v) is 12.5. The van der Waals surface area contributed by atoms with Crippen molar-refractivity contribution >= 4 is 34.6 Å². The van der Waals surface area contributed by atoms with E-state index in [1.165, 1.54) is 0 Å².